The molecule has 3 heterocycles. The van der Waals surface area contributed by atoms with Crippen LogP contribution in [0.25, 0.3) is 27.3 Å². The van der Waals surface area contributed by atoms with E-state index in [1.165, 1.54) is 4.88 Å². The van der Waals surface area contributed by atoms with Crippen molar-refractivity contribution in [3.05, 3.63) is 65.3 Å². The molecule has 0 fully saturated rings. The number of rotatable bonds is 2. The van der Waals surface area contributed by atoms with Crippen molar-refractivity contribution < 1.29 is 0 Å². The fourth-order valence-corrected chi connectivity index (χ4v) is 3.58. The van der Waals surface area contributed by atoms with Gasteiger partial charge in [-0.1, -0.05) is 12.1 Å². The highest BCUT2D eigenvalue weighted by atomic mass is 32.1. The highest BCUT2D eigenvalue weighted by Gasteiger charge is 2.13. The van der Waals surface area contributed by atoms with Crippen LogP contribution in [-0.4, -0.2) is 14.6 Å². The molecule has 0 atom stereocenters. The number of thiophene rings is 1. The first kappa shape index (κ1) is 13.7. The van der Waals surface area contributed by atoms with Crippen LogP contribution >= 0.6 is 11.3 Å². The third-order valence-corrected chi connectivity index (χ3v) is 4.74. The number of fused-ring (bicyclic) bond motifs is 1. The van der Waals surface area contributed by atoms with E-state index in [1.54, 1.807) is 22.0 Å². The minimum absolute atomic E-state index is 0.667. The summed E-state index contributed by atoms with van der Waals surface area (Å²) in [5.41, 5.74) is 4.66. The number of aryl methyl sites for hydroxylation is 1. The molecule has 110 valence electrons. The van der Waals surface area contributed by atoms with E-state index in [1.807, 2.05) is 42.6 Å². The average Bonchev–Trinajstić information content (AvgIpc) is 3.20. The summed E-state index contributed by atoms with van der Waals surface area (Å²) in [6, 6.07) is 16.0. The Bertz CT molecular complexity index is 1040. The highest BCUT2D eigenvalue weighted by molar-refractivity contribution is 7.16. The fraction of sp³-hybridized carbons (Fsp3) is 0.0556. The standard InChI is InChI=1S/C18H12N4S/c1-12-10-15(14-4-2-13(11-19)3-5-14)18(23-12)16-6-7-17-20-8-9-22(17)21-16/h2-10H,1H3. The van der Waals surface area contributed by atoms with Crippen LogP contribution in [0.5, 0.6) is 0 Å². The van der Waals surface area contributed by atoms with Gasteiger partial charge < -0.3 is 0 Å². The molecule has 0 amide bonds. The number of nitriles is 1. The summed E-state index contributed by atoms with van der Waals surface area (Å²) in [5, 5.41) is 13.6. The maximum atomic E-state index is 8.95. The molecule has 4 nitrogen and oxygen atoms in total. The van der Waals surface area contributed by atoms with E-state index in [-0.39, 0.29) is 0 Å². The molecule has 4 aromatic rings. The lowest BCUT2D eigenvalue weighted by molar-refractivity contribution is 0.944. The minimum atomic E-state index is 0.667. The Kier molecular flexibility index (Phi) is 3.18. The first-order chi connectivity index (χ1) is 11.2. The number of benzene rings is 1. The van der Waals surface area contributed by atoms with Crippen LogP contribution in [0.4, 0.5) is 0 Å². The van der Waals surface area contributed by atoms with Crippen molar-refractivity contribution in [2.24, 2.45) is 0 Å². The van der Waals surface area contributed by atoms with E-state index in [0.717, 1.165) is 27.3 Å². The van der Waals surface area contributed by atoms with Crippen LogP contribution in [0, 0.1) is 18.3 Å². The predicted molar refractivity (Wildman–Crippen MR) is 91.2 cm³/mol. The smallest absolute Gasteiger partial charge is 0.153 e. The molecule has 0 radical (unpaired) electrons. The molecular formula is C18H12N4S. The lowest BCUT2D eigenvalue weighted by Crippen LogP contribution is -1.92. The van der Waals surface area contributed by atoms with Crippen molar-refractivity contribution in [2.75, 3.05) is 0 Å². The van der Waals surface area contributed by atoms with Crippen LogP contribution in [0.2, 0.25) is 0 Å². The first-order valence-corrected chi connectivity index (χ1v) is 7.98. The van der Waals surface area contributed by atoms with Crippen molar-refractivity contribution >= 4 is 17.0 Å². The Morgan fingerprint density at radius 3 is 2.74 bits per heavy atom. The zero-order valence-corrected chi connectivity index (χ0v) is 13.2. The molecule has 4 rings (SSSR count). The summed E-state index contributed by atoms with van der Waals surface area (Å²) < 4.78 is 1.78. The Balaban J connectivity index is 1.87. The number of hydrogen-bond donors (Lipinski definition) is 0. The molecule has 0 aliphatic heterocycles. The molecule has 0 unspecified atom stereocenters. The zero-order chi connectivity index (χ0) is 15.8. The minimum Gasteiger partial charge on any atom is -0.236 e. The highest BCUT2D eigenvalue weighted by Crippen LogP contribution is 2.38. The molecule has 0 aliphatic rings. The van der Waals surface area contributed by atoms with Gasteiger partial charge in [0.25, 0.3) is 0 Å². The van der Waals surface area contributed by atoms with E-state index in [9.17, 15) is 0 Å². The molecule has 1 aromatic carbocycles. The topological polar surface area (TPSA) is 54.0 Å². The van der Waals surface area contributed by atoms with E-state index < -0.39 is 0 Å². The lowest BCUT2D eigenvalue weighted by atomic mass is 10.0. The van der Waals surface area contributed by atoms with Crippen molar-refractivity contribution in [1.29, 1.82) is 5.26 Å². The summed E-state index contributed by atoms with van der Waals surface area (Å²) in [6.07, 6.45) is 3.59. The van der Waals surface area contributed by atoms with E-state index >= 15 is 0 Å². The third kappa shape index (κ3) is 2.39. The molecule has 0 saturated heterocycles. The number of aromatic nitrogens is 3. The van der Waals surface area contributed by atoms with Crippen LogP contribution < -0.4 is 0 Å². The quantitative estimate of drug-likeness (QED) is 0.554. The van der Waals surface area contributed by atoms with E-state index in [4.69, 9.17) is 5.26 Å². The monoisotopic (exact) mass is 316 g/mol. The largest absolute Gasteiger partial charge is 0.236 e. The Labute approximate surface area is 137 Å². The molecule has 0 spiro atoms. The molecule has 0 bridgehead atoms. The van der Waals surface area contributed by atoms with Gasteiger partial charge >= 0.3 is 0 Å². The lowest BCUT2D eigenvalue weighted by Gasteiger charge is -2.04. The van der Waals surface area contributed by atoms with Crippen LogP contribution in [-0.2, 0) is 0 Å². The van der Waals surface area contributed by atoms with Gasteiger partial charge in [0.05, 0.1) is 16.5 Å². The molecule has 0 aliphatic carbocycles. The second kappa shape index (κ2) is 5.34. The summed E-state index contributed by atoms with van der Waals surface area (Å²) in [6.45, 7) is 2.09. The van der Waals surface area contributed by atoms with Gasteiger partial charge in [0.15, 0.2) is 5.65 Å². The maximum Gasteiger partial charge on any atom is 0.153 e. The van der Waals surface area contributed by atoms with E-state index in [2.05, 4.69) is 29.1 Å². The summed E-state index contributed by atoms with van der Waals surface area (Å²) in [5.74, 6) is 0. The van der Waals surface area contributed by atoms with Gasteiger partial charge in [-0.2, -0.15) is 10.4 Å². The van der Waals surface area contributed by atoms with E-state index in [0.29, 0.717) is 5.56 Å². The SMILES string of the molecule is Cc1cc(-c2ccc(C#N)cc2)c(-c2ccc3nccn3n2)s1. The molecular weight excluding hydrogens is 304 g/mol. The van der Waals surface area contributed by atoms with Gasteiger partial charge in [0.2, 0.25) is 0 Å². The number of imidazole rings is 1. The number of nitrogens with zero attached hydrogens (tertiary/aromatic N) is 4. The molecule has 23 heavy (non-hydrogen) atoms. The van der Waals surface area contributed by atoms with Gasteiger partial charge in [0.1, 0.15) is 5.69 Å². The van der Waals surface area contributed by atoms with Crippen LogP contribution in [0.15, 0.2) is 54.9 Å². The maximum absolute atomic E-state index is 8.95. The van der Waals surface area contributed by atoms with Gasteiger partial charge in [-0.05, 0) is 42.8 Å². The van der Waals surface area contributed by atoms with Crippen molar-refractivity contribution in [1.82, 2.24) is 14.6 Å². The molecule has 0 N–H and O–H groups in total. The van der Waals surface area contributed by atoms with Crippen LogP contribution in [0.1, 0.15) is 10.4 Å². The third-order valence-electron chi connectivity index (χ3n) is 3.67. The van der Waals surface area contributed by atoms with Gasteiger partial charge in [-0.15, -0.1) is 11.3 Å². The Hall–Kier alpha value is -2.97. The Morgan fingerprint density at radius 2 is 1.96 bits per heavy atom. The summed E-state index contributed by atoms with van der Waals surface area (Å²) in [4.78, 5) is 6.59. The molecule has 0 saturated carbocycles. The van der Waals surface area contributed by atoms with Gasteiger partial charge in [0, 0.05) is 22.8 Å². The first-order valence-electron chi connectivity index (χ1n) is 7.16. The van der Waals surface area contributed by atoms with Crippen molar-refractivity contribution in [2.45, 2.75) is 6.92 Å². The second-order valence-electron chi connectivity index (χ2n) is 5.24. The normalized spacial score (nSPS) is 10.8. The zero-order valence-electron chi connectivity index (χ0n) is 12.4. The van der Waals surface area contributed by atoms with Crippen molar-refractivity contribution in [3.63, 3.8) is 0 Å². The van der Waals surface area contributed by atoms with Crippen LogP contribution in [0.3, 0.4) is 0 Å². The average molecular weight is 316 g/mol. The molecule has 3 aromatic heterocycles. The van der Waals surface area contributed by atoms with Crippen molar-refractivity contribution in [3.8, 4) is 27.8 Å². The fourth-order valence-electron chi connectivity index (χ4n) is 2.58. The number of hydrogen-bond acceptors (Lipinski definition) is 4. The molecule has 5 heteroatoms. The summed E-state index contributed by atoms with van der Waals surface area (Å²) >= 11 is 1.72. The van der Waals surface area contributed by atoms with Gasteiger partial charge in [-0.25, -0.2) is 9.50 Å². The Morgan fingerprint density at radius 1 is 1.13 bits per heavy atom. The summed E-state index contributed by atoms with van der Waals surface area (Å²) in [7, 11) is 0. The second-order valence-corrected chi connectivity index (χ2v) is 6.49. The predicted octanol–water partition coefficient (Wildman–Crippen LogP) is 4.30. The van der Waals surface area contributed by atoms with Gasteiger partial charge in [-0.3, -0.25) is 0 Å².